The molecule has 1 radical (unpaired) electrons. The van der Waals surface area contributed by atoms with Crippen molar-refractivity contribution in [3.05, 3.63) is 42.2 Å². The first-order chi connectivity index (χ1) is 17.3. The topological polar surface area (TPSA) is 225 Å². The molecule has 1 fully saturated rings. The Kier molecular flexibility index (Phi) is 8.04. The summed E-state index contributed by atoms with van der Waals surface area (Å²) in [5.74, 6) is 4.91. The molecular weight excluding hydrogens is 497 g/mol. The van der Waals surface area contributed by atoms with Gasteiger partial charge in [-0.3, -0.25) is 4.79 Å². The molecule has 0 amide bonds. The lowest BCUT2D eigenvalue weighted by Crippen LogP contribution is -2.45. The van der Waals surface area contributed by atoms with E-state index < -0.39 is 51.3 Å². The summed E-state index contributed by atoms with van der Waals surface area (Å²) in [6, 6.07) is 7.80. The molecule has 7 N–H and O–H groups in total. The zero-order valence-electron chi connectivity index (χ0n) is 19.1. The van der Waals surface area contributed by atoms with Crippen molar-refractivity contribution in [2.24, 2.45) is 5.90 Å². The maximum Gasteiger partial charge on any atom is 0.338 e. The molecule has 1 saturated heterocycles. The minimum Gasteiger partial charge on any atom is -0.615 e. The van der Waals surface area contributed by atoms with Gasteiger partial charge in [-0.05, 0) is 10.6 Å². The van der Waals surface area contributed by atoms with Crippen molar-refractivity contribution in [1.29, 1.82) is 0 Å². The highest BCUT2D eigenvalue weighted by molar-refractivity contribution is 7.57. The standard InChI is InChI=1S/C20H26N7O8P/c1-32-20(30)12(7-11-5-3-2-4-6-11)26-36(31,35-22)33-8-13-15(28)16(29)19(34-13)27-10-25-14-17(21)23-9-24-18(14)27/h2-6,9-10,12-13,15-16,19,28-29H,7-8,22H2,1H3,(H,26,31)(H2,21,23,24)/q+1/t12?,13-,15-,16+,19-,36?/m0/s1. The van der Waals surface area contributed by atoms with Crippen LogP contribution in [0.2, 0.25) is 0 Å². The van der Waals surface area contributed by atoms with Crippen LogP contribution in [0.1, 0.15) is 5.56 Å². The number of nitrogens with one attached hydrogen (secondary N) is 1. The monoisotopic (exact) mass is 523 g/mol. The van der Waals surface area contributed by atoms with Crippen molar-refractivity contribution in [1.82, 2.24) is 20.0 Å². The quantitative estimate of drug-likeness (QED) is 0.125. The van der Waals surface area contributed by atoms with Crippen LogP contribution in [0.15, 0.2) is 36.7 Å². The number of esters is 1. The number of aliphatic hydroxyl groups excluding tert-OH is 2. The van der Waals surface area contributed by atoms with Crippen molar-refractivity contribution in [2.75, 3.05) is 24.4 Å². The Bertz CT molecular complexity index is 1100. The maximum absolute atomic E-state index is 13.1. The minimum atomic E-state index is -4.29. The van der Waals surface area contributed by atoms with Crippen molar-refractivity contribution in [3.63, 3.8) is 0 Å². The average Bonchev–Trinajstić information content (AvgIpc) is 3.44. The summed E-state index contributed by atoms with van der Waals surface area (Å²) in [4.78, 5) is 38.9. The zero-order valence-corrected chi connectivity index (χ0v) is 20.0. The number of aliphatic hydroxyl groups is 2. The normalized spacial score (nSPS) is 25.4. The summed E-state index contributed by atoms with van der Waals surface area (Å²) in [5, 5.41) is 23.6. The van der Waals surface area contributed by atoms with Gasteiger partial charge in [-0.1, -0.05) is 30.3 Å². The van der Waals surface area contributed by atoms with Gasteiger partial charge in [-0.25, -0.2) is 4.98 Å². The van der Waals surface area contributed by atoms with E-state index in [1.54, 1.807) is 24.3 Å². The van der Waals surface area contributed by atoms with E-state index in [9.17, 15) is 19.9 Å². The number of anilines is 2. The Morgan fingerprint density at radius 1 is 1.33 bits per heavy atom. The lowest BCUT2D eigenvalue weighted by atomic mass is 10.1. The molecule has 6 atom stereocenters. The zero-order chi connectivity index (χ0) is 25.9. The van der Waals surface area contributed by atoms with Crippen LogP contribution in [0.25, 0.3) is 0 Å². The first kappa shape index (κ1) is 26.2. The third-order valence-corrected chi connectivity index (χ3v) is 7.02. The van der Waals surface area contributed by atoms with Crippen LogP contribution < -0.4 is 31.5 Å². The van der Waals surface area contributed by atoms with Crippen LogP contribution in [0, 0.1) is 0 Å². The number of aromatic nitrogens is 2. The van der Waals surface area contributed by atoms with Gasteiger partial charge in [0.05, 0.1) is 7.11 Å². The number of hydrogen-bond acceptors (Lipinski definition) is 15. The fourth-order valence-corrected chi connectivity index (χ4v) is 4.91. The second kappa shape index (κ2) is 11.0. The van der Waals surface area contributed by atoms with Crippen LogP contribution >= 0.6 is 8.09 Å². The van der Waals surface area contributed by atoms with E-state index >= 15 is 0 Å². The molecule has 2 aliphatic heterocycles. The molecular formula is C20H26N7O8P+. The summed E-state index contributed by atoms with van der Waals surface area (Å²) >= 11 is 0. The lowest BCUT2D eigenvalue weighted by molar-refractivity contribution is -0.228. The van der Waals surface area contributed by atoms with Gasteiger partial charge in [0.15, 0.2) is 5.82 Å². The van der Waals surface area contributed by atoms with Crippen LogP contribution in [-0.4, -0.2) is 76.8 Å². The number of benzene rings is 1. The number of hydrogen-bond donors (Lipinski definition) is 5. The molecule has 2 aromatic rings. The molecule has 1 aromatic heterocycles. The third-order valence-electron chi connectivity index (χ3n) is 5.63. The SMILES string of the molecule is COC(=O)C(Cc1ccccc1)N[P+]([O-])(ON)OC[C@@H]1O[C@H](N2C=[N+]c3c(N)ncnc32)[C@H](O)[C@H]1O. The Morgan fingerprint density at radius 3 is 2.78 bits per heavy atom. The van der Waals surface area contributed by atoms with Crippen LogP contribution in [0.5, 0.6) is 0 Å². The molecule has 2 aliphatic rings. The first-order valence-electron chi connectivity index (χ1n) is 10.7. The predicted molar refractivity (Wildman–Crippen MR) is 125 cm³/mol. The number of ether oxygens (including phenoxy) is 2. The van der Waals surface area contributed by atoms with Gasteiger partial charge < -0.3 is 30.3 Å². The van der Waals surface area contributed by atoms with E-state index in [0.717, 1.165) is 5.56 Å². The van der Waals surface area contributed by atoms with E-state index in [1.807, 2.05) is 6.07 Å². The number of carbonyl (C=O) groups excluding carboxylic acids is 1. The molecule has 193 valence electrons. The largest absolute Gasteiger partial charge is 0.615 e. The number of nitrogens with two attached hydrogens (primary N) is 2. The Labute approximate surface area is 206 Å². The molecule has 0 spiro atoms. The lowest BCUT2D eigenvalue weighted by Gasteiger charge is -2.29. The molecule has 16 heteroatoms. The molecule has 0 bridgehead atoms. The van der Waals surface area contributed by atoms with E-state index in [0.29, 0.717) is 5.69 Å². The number of rotatable bonds is 10. The van der Waals surface area contributed by atoms with Crippen molar-refractivity contribution in [3.8, 4) is 0 Å². The van der Waals surface area contributed by atoms with Crippen molar-refractivity contribution < 1.29 is 38.5 Å². The van der Waals surface area contributed by atoms with Crippen molar-refractivity contribution >= 4 is 37.7 Å². The number of fused-ring (bicyclic) bond motifs is 1. The van der Waals surface area contributed by atoms with Gasteiger partial charge >= 0.3 is 14.1 Å². The van der Waals surface area contributed by atoms with Gasteiger partial charge in [-0.15, -0.1) is 9.71 Å². The highest BCUT2D eigenvalue weighted by atomic mass is 31.2. The Balaban J connectivity index is 1.42. The third kappa shape index (κ3) is 5.44. The highest BCUT2D eigenvalue weighted by Gasteiger charge is 2.53. The number of nitrogens with zero attached hydrogens (tertiary/aromatic N) is 4. The van der Waals surface area contributed by atoms with E-state index in [-0.39, 0.29) is 18.1 Å². The summed E-state index contributed by atoms with van der Waals surface area (Å²) in [6.45, 7) is -0.515. The van der Waals surface area contributed by atoms with E-state index in [1.165, 1.54) is 24.7 Å². The Hall–Kier alpha value is -2.85. The van der Waals surface area contributed by atoms with Gasteiger partial charge in [0.1, 0.15) is 37.3 Å². The smallest absolute Gasteiger partial charge is 0.338 e. The summed E-state index contributed by atoms with van der Waals surface area (Å²) in [7, 11) is -3.11. The second-order valence-corrected chi connectivity index (χ2v) is 9.64. The fraction of sp³-hybridized carbons (Fsp3) is 0.400. The molecule has 1 aromatic carbocycles. The molecule has 3 heterocycles. The summed E-state index contributed by atoms with van der Waals surface area (Å²) < 4.78 is 20.4. The van der Waals surface area contributed by atoms with Crippen LogP contribution in [0.4, 0.5) is 17.3 Å². The van der Waals surface area contributed by atoms with Crippen molar-refractivity contribution in [2.45, 2.75) is 37.0 Å². The predicted octanol–water partition coefficient (Wildman–Crippen LogP) is -2.36. The summed E-state index contributed by atoms with van der Waals surface area (Å²) in [5.41, 5.74) is 6.83. The number of methoxy groups -OCH3 is 1. The van der Waals surface area contributed by atoms with E-state index in [2.05, 4.69) is 24.7 Å². The fourth-order valence-electron chi connectivity index (χ4n) is 3.79. The summed E-state index contributed by atoms with van der Waals surface area (Å²) in [6.07, 6.45) is -2.47. The molecule has 2 unspecified atom stereocenters. The van der Waals surface area contributed by atoms with E-state index in [4.69, 9.17) is 25.6 Å². The Morgan fingerprint density at radius 2 is 2.08 bits per heavy atom. The minimum absolute atomic E-state index is 0.103. The van der Waals surface area contributed by atoms with Gasteiger partial charge in [-0.2, -0.15) is 20.3 Å². The number of aliphatic imine (C=N–C) groups is 1. The van der Waals surface area contributed by atoms with Gasteiger partial charge in [0.2, 0.25) is 6.23 Å². The molecule has 0 aliphatic carbocycles. The average molecular weight is 523 g/mol. The van der Waals surface area contributed by atoms with Crippen LogP contribution in [0.3, 0.4) is 0 Å². The number of nitrogen functional groups attached to an aromatic ring is 1. The molecule has 36 heavy (non-hydrogen) atoms. The van der Waals surface area contributed by atoms with Crippen LogP contribution in [-0.2, 0) is 29.8 Å². The maximum atomic E-state index is 13.1. The van der Waals surface area contributed by atoms with Gasteiger partial charge in [0.25, 0.3) is 17.8 Å². The molecule has 0 saturated carbocycles. The molecule has 15 nitrogen and oxygen atoms in total. The first-order valence-corrected chi connectivity index (χ1v) is 12.3. The highest BCUT2D eigenvalue weighted by Crippen LogP contribution is 2.47. The second-order valence-electron chi connectivity index (χ2n) is 7.92. The van der Waals surface area contributed by atoms with Gasteiger partial charge in [0, 0.05) is 6.42 Å². The molecule has 4 rings (SSSR count). The number of carbonyl (C=O) groups is 1.